The van der Waals surface area contributed by atoms with Crippen molar-refractivity contribution in [1.29, 1.82) is 0 Å². The summed E-state index contributed by atoms with van der Waals surface area (Å²) < 4.78 is 0. The predicted octanol–water partition coefficient (Wildman–Crippen LogP) is 1.14. The Morgan fingerprint density at radius 1 is 1.50 bits per heavy atom. The van der Waals surface area contributed by atoms with Crippen molar-refractivity contribution < 1.29 is 4.79 Å². The minimum Gasteiger partial charge on any atom is -0.353 e. The Morgan fingerprint density at radius 2 is 2.31 bits per heavy atom. The number of aromatic nitrogens is 1. The van der Waals surface area contributed by atoms with E-state index in [2.05, 4.69) is 30.2 Å². The second kappa shape index (κ2) is 4.51. The number of piperazine rings is 1. The SMILES string of the molecule is CC(C)c1cccnc1N1CCNC(=O)C1. The van der Waals surface area contributed by atoms with Crippen LogP contribution in [0.2, 0.25) is 0 Å². The smallest absolute Gasteiger partial charge is 0.239 e. The van der Waals surface area contributed by atoms with Crippen molar-refractivity contribution in [3.63, 3.8) is 0 Å². The fourth-order valence-corrected chi connectivity index (χ4v) is 1.94. The molecule has 0 aromatic carbocycles. The van der Waals surface area contributed by atoms with Gasteiger partial charge in [-0.3, -0.25) is 4.79 Å². The quantitative estimate of drug-likeness (QED) is 0.811. The Bertz CT molecular complexity index is 390. The molecular formula is C12H17N3O. The maximum atomic E-state index is 11.3. The van der Waals surface area contributed by atoms with Gasteiger partial charge in [0.1, 0.15) is 5.82 Å². The first-order valence-corrected chi connectivity index (χ1v) is 5.65. The standard InChI is InChI=1S/C12H17N3O/c1-9(2)10-4-3-5-14-12(10)15-7-6-13-11(16)8-15/h3-5,9H,6-8H2,1-2H3,(H,13,16). The first-order valence-electron chi connectivity index (χ1n) is 5.65. The van der Waals surface area contributed by atoms with Crippen LogP contribution in [0.4, 0.5) is 5.82 Å². The zero-order valence-corrected chi connectivity index (χ0v) is 9.73. The fraction of sp³-hybridized carbons (Fsp3) is 0.500. The van der Waals surface area contributed by atoms with Gasteiger partial charge >= 0.3 is 0 Å². The van der Waals surface area contributed by atoms with Gasteiger partial charge in [-0.2, -0.15) is 0 Å². The van der Waals surface area contributed by atoms with Crippen LogP contribution in [0.3, 0.4) is 0 Å². The molecule has 0 atom stereocenters. The van der Waals surface area contributed by atoms with Crippen LogP contribution in [0.25, 0.3) is 0 Å². The van der Waals surface area contributed by atoms with Crippen LogP contribution in [-0.4, -0.2) is 30.5 Å². The van der Waals surface area contributed by atoms with E-state index in [1.165, 1.54) is 5.56 Å². The summed E-state index contributed by atoms with van der Waals surface area (Å²) in [4.78, 5) is 17.8. The lowest BCUT2D eigenvalue weighted by atomic mass is 10.0. The third-order valence-electron chi connectivity index (χ3n) is 2.78. The molecule has 1 aromatic heterocycles. The van der Waals surface area contributed by atoms with E-state index in [1.54, 1.807) is 6.20 Å². The van der Waals surface area contributed by atoms with E-state index in [4.69, 9.17) is 0 Å². The van der Waals surface area contributed by atoms with Crippen molar-refractivity contribution in [2.45, 2.75) is 19.8 Å². The molecule has 4 nitrogen and oxygen atoms in total. The lowest BCUT2D eigenvalue weighted by Crippen LogP contribution is -2.48. The summed E-state index contributed by atoms with van der Waals surface area (Å²) in [5, 5.41) is 2.82. The zero-order chi connectivity index (χ0) is 11.5. The summed E-state index contributed by atoms with van der Waals surface area (Å²) in [5.74, 6) is 1.45. The first-order chi connectivity index (χ1) is 7.68. The molecule has 86 valence electrons. The number of carbonyl (C=O) groups is 1. The van der Waals surface area contributed by atoms with Crippen molar-refractivity contribution >= 4 is 11.7 Å². The number of hydrogen-bond donors (Lipinski definition) is 1. The van der Waals surface area contributed by atoms with Crippen LogP contribution in [0.5, 0.6) is 0 Å². The van der Waals surface area contributed by atoms with Gasteiger partial charge in [0.05, 0.1) is 6.54 Å². The topological polar surface area (TPSA) is 45.2 Å². The molecule has 4 heteroatoms. The van der Waals surface area contributed by atoms with E-state index in [9.17, 15) is 4.79 Å². The van der Waals surface area contributed by atoms with Crippen molar-refractivity contribution in [3.8, 4) is 0 Å². The normalized spacial score (nSPS) is 16.4. The van der Waals surface area contributed by atoms with E-state index in [0.29, 0.717) is 19.0 Å². The molecule has 0 saturated carbocycles. The predicted molar refractivity (Wildman–Crippen MR) is 63.5 cm³/mol. The molecule has 1 saturated heterocycles. The average Bonchev–Trinajstić information content (AvgIpc) is 2.29. The van der Waals surface area contributed by atoms with E-state index in [-0.39, 0.29) is 5.91 Å². The number of nitrogens with zero attached hydrogens (tertiary/aromatic N) is 2. The zero-order valence-electron chi connectivity index (χ0n) is 9.73. The van der Waals surface area contributed by atoms with Gasteiger partial charge in [0, 0.05) is 19.3 Å². The average molecular weight is 219 g/mol. The molecule has 0 bridgehead atoms. The third kappa shape index (κ3) is 2.15. The Balaban J connectivity index is 2.28. The van der Waals surface area contributed by atoms with E-state index >= 15 is 0 Å². The molecular weight excluding hydrogens is 202 g/mol. The molecule has 16 heavy (non-hydrogen) atoms. The summed E-state index contributed by atoms with van der Waals surface area (Å²) in [7, 11) is 0. The number of pyridine rings is 1. The van der Waals surface area contributed by atoms with Gasteiger partial charge in [0.15, 0.2) is 0 Å². The van der Waals surface area contributed by atoms with E-state index in [0.717, 1.165) is 12.4 Å². The van der Waals surface area contributed by atoms with Crippen molar-refractivity contribution in [3.05, 3.63) is 23.9 Å². The lowest BCUT2D eigenvalue weighted by Gasteiger charge is -2.29. The Morgan fingerprint density at radius 3 is 3.00 bits per heavy atom. The summed E-state index contributed by atoms with van der Waals surface area (Å²) in [5.41, 5.74) is 1.21. The van der Waals surface area contributed by atoms with Gasteiger partial charge in [-0.25, -0.2) is 4.98 Å². The highest BCUT2D eigenvalue weighted by Crippen LogP contribution is 2.24. The van der Waals surface area contributed by atoms with Gasteiger partial charge in [0.2, 0.25) is 5.91 Å². The highest BCUT2D eigenvalue weighted by Gasteiger charge is 2.20. The van der Waals surface area contributed by atoms with E-state index in [1.807, 2.05) is 11.0 Å². The van der Waals surface area contributed by atoms with Gasteiger partial charge in [-0.15, -0.1) is 0 Å². The minimum atomic E-state index is 0.0756. The molecule has 1 aromatic rings. The summed E-state index contributed by atoms with van der Waals surface area (Å²) >= 11 is 0. The van der Waals surface area contributed by atoms with Crippen molar-refractivity contribution in [1.82, 2.24) is 10.3 Å². The van der Waals surface area contributed by atoms with Crippen LogP contribution in [0.15, 0.2) is 18.3 Å². The van der Waals surface area contributed by atoms with Crippen molar-refractivity contribution in [2.24, 2.45) is 0 Å². The molecule has 1 N–H and O–H groups in total. The summed E-state index contributed by atoms with van der Waals surface area (Å²) in [6, 6.07) is 4.03. The van der Waals surface area contributed by atoms with Gasteiger partial charge in [0.25, 0.3) is 0 Å². The van der Waals surface area contributed by atoms with E-state index < -0.39 is 0 Å². The number of rotatable bonds is 2. The maximum absolute atomic E-state index is 11.3. The minimum absolute atomic E-state index is 0.0756. The molecule has 1 aliphatic rings. The van der Waals surface area contributed by atoms with Gasteiger partial charge in [-0.1, -0.05) is 19.9 Å². The number of amides is 1. The number of hydrogen-bond acceptors (Lipinski definition) is 3. The Hall–Kier alpha value is -1.58. The molecule has 1 aliphatic heterocycles. The lowest BCUT2D eigenvalue weighted by molar-refractivity contribution is -0.120. The molecule has 1 fully saturated rings. The number of anilines is 1. The second-order valence-electron chi connectivity index (χ2n) is 4.34. The highest BCUT2D eigenvalue weighted by molar-refractivity contribution is 5.82. The second-order valence-corrected chi connectivity index (χ2v) is 4.34. The first kappa shape index (κ1) is 10.9. The molecule has 0 unspecified atom stereocenters. The van der Waals surface area contributed by atoms with Gasteiger partial charge in [-0.05, 0) is 17.5 Å². The highest BCUT2D eigenvalue weighted by atomic mass is 16.2. The number of nitrogens with one attached hydrogen (secondary N) is 1. The molecule has 2 rings (SSSR count). The van der Waals surface area contributed by atoms with Crippen LogP contribution in [0.1, 0.15) is 25.3 Å². The summed E-state index contributed by atoms with van der Waals surface area (Å²) in [6.45, 7) is 6.24. The third-order valence-corrected chi connectivity index (χ3v) is 2.78. The van der Waals surface area contributed by atoms with Gasteiger partial charge < -0.3 is 10.2 Å². The largest absolute Gasteiger partial charge is 0.353 e. The van der Waals surface area contributed by atoms with Crippen LogP contribution in [-0.2, 0) is 4.79 Å². The molecule has 0 aliphatic carbocycles. The van der Waals surface area contributed by atoms with Crippen molar-refractivity contribution in [2.75, 3.05) is 24.5 Å². The fourth-order valence-electron chi connectivity index (χ4n) is 1.94. The molecule has 2 heterocycles. The monoisotopic (exact) mass is 219 g/mol. The molecule has 0 radical (unpaired) electrons. The Labute approximate surface area is 95.7 Å². The summed E-state index contributed by atoms with van der Waals surface area (Å²) in [6.07, 6.45) is 1.79. The Kier molecular flexibility index (Phi) is 3.08. The molecule has 0 spiro atoms. The molecule has 1 amide bonds. The van der Waals surface area contributed by atoms with Crippen LogP contribution in [0, 0.1) is 0 Å². The van der Waals surface area contributed by atoms with Crippen LogP contribution < -0.4 is 10.2 Å². The number of carbonyl (C=O) groups excluding carboxylic acids is 1. The maximum Gasteiger partial charge on any atom is 0.239 e. The van der Waals surface area contributed by atoms with Crippen LogP contribution >= 0.6 is 0 Å².